The summed E-state index contributed by atoms with van der Waals surface area (Å²) in [6.45, 7) is 3.37. The van der Waals surface area contributed by atoms with E-state index >= 15 is 0 Å². The molecule has 1 aromatic carbocycles. The number of rotatable bonds is 4. The number of carbonyl (C=O) groups excluding carboxylic acids is 1. The van der Waals surface area contributed by atoms with Crippen LogP contribution in [-0.4, -0.2) is 32.3 Å². The van der Waals surface area contributed by atoms with Gasteiger partial charge in [0.2, 0.25) is 0 Å². The number of para-hydroxylation sites is 1. The molecule has 1 atom stereocenters. The van der Waals surface area contributed by atoms with Crippen LogP contribution in [0.15, 0.2) is 24.3 Å². The number of cyclic esters (lactones) is 1. The van der Waals surface area contributed by atoms with Crippen molar-refractivity contribution >= 4 is 11.8 Å². The number of amides is 1. The molecule has 1 unspecified atom stereocenters. The van der Waals surface area contributed by atoms with E-state index in [-0.39, 0.29) is 12.1 Å². The van der Waals surface area contributed by atoms with Gasteiger partial charge in [-0.25, -0.2) is 4.79 Å². The Hall–Kier alpha value is -1.55. The summed E-state index contributed by atoms with van der Waals surface area (Å²) in [5, 5.41) is 3.10. The number of nitrogens with zero attached hydrogens (tertiary/aromatic N) is 1. The van der Waals surface area contributed by atoms with E-state index in [0.29, 0.717) is 6.61 Å². The number of carbonyl (C=O) groups is 1. The Morgan fingerprint density at radius 2 is 2.24 bits per heavy atom. The monoisotopic (exact) mass is 234 g/mol. The largest absolute Gasteiger partial charge is 0.447 e. The Kier molecular flexibility index (Phi) is 3.64. The third-order valence-corrected chi connectivity index (χ3v) is 3.06. The molecular weight excluding hydrogens is 216 g/mol. The zero-order chi connectivity index (χ0) is 12.3. The summed E-state index contributed by atoms with van der Waals surface area (Å²) in [5.74, 6) is 0. The van der Waals surface area contributed by atoms with E-state index in [1.807, 2.05) is 38.2 Å². The molecule has 1 amide bonds. The van der Waals surface area contributed by atoms with E-state index in [2.05, 4.69) is 5.32 Å². The molecule has 0 saturated carbocycles. The number of hydrogen-bond acceptors (Lipinski definition) is 3. The van der Waals surface area contributed by atoms with Crippen molar-refractivity contribution in [2.45, 2.75) is 19.4 Å². The Balaban J connectivity index is 2.22. The first kappa shape index (κ1) is 11.9. The van der Waals surface area contributed by atoms with Gasteiger partial charge in [0, 0.05) is 0 Å². The van der Waals surface area contributed by atoms with Crippen molar-refractivity contribution in [1.29, 1.82) is 0 Å². The number of benzene rings is 1. The summed E-state index contributed by atoms with van der Waals surface area (Å²) in [7, 11) is 1.91. The van der Waals surface area contributed by atoms with Crippen molar-refractivity contribution in [3.63, 3.8) is 0 Å². The summed E-state index contributed by atoms with van der Waals surface area (Å²) in [6, 6.07) is 8.03. The van der Waals surface area contributed by atoms with E-state index < -0.39 is 0 Å². The first-order valence-corrected chi connectivity index (χ1v) is 5.90. The van der Waals surface area contributed by atoms with Crippen molar-refractivity contribution < 1.29 is 9.53 Å². The highest BCUT2D eigenvalue weighted by Crippen LogP contribution is 2.27. The second-order valence-corrected chi connectivity index (χ2v) is 4.28. The lowest BCUT2D eigenvalue weighted by Crippen LogP contribution is -2.35. The average molecular weight is 234 g/mol. The first-order valence-electron chi connectivity index (χ1n) is 5.90. The normalized spacial score (nSPS) is 19.5. The minimum Gasteiger partial charge on any atom is -0.447 e. The lowest BCUT2D eigenvalue weighted by atomic mass is 10.1. The average Bonchev–Trinajstić information content (AvgIpc) is 2.69. The van der Waals surface area contributed by atoms with Crippen LogP contribution in [0.5, 0.6) is 0 Å². The minimum absolute atomic E-state index is 0.135. The highest BCUT2D eigenvalue weighted by atomic mass is 16.6. The Morgan fingerprint density at radius 1 is 1.47 bits per heavy atom. The molecule has 0 spiro atoms. The number of ether oxygens (including phenoxy) is 1. The first-order chi connectivity index (χ1) is 8.24. The summed E-state index contributed by atoms with van der Waals surface area (Å²) < 4.78 is 5.14. The molecule has 17 heavy (non-hydrogen) atoms. The van der Waals surface area contributed by atoms with Gasteiger partial charge in [-0.15, -0.1) is 0 Å². The molecule has 0 aliphatic carbocycles. The summed E-state index contributed by atoms with van der Waals surface area (Å²) >= 11 is 0. The van der Waals surface area contributed by atoms with E-state index in [9.17, 15) is 4.79 Å². The van der Waals surface area contributed by atoms with Gasteiger partial charge < -0.3 is 10.1 Å². The molecule has 2 rings (SSSR count). The van der Waals surface area contributed by atoms with Crippen molar-refractivity contribution in [2.75, 3.05) is 25.1 Å². The smallest absolute Gasteiger partial charge is 0.414 e. The van der Waals surface area contributed by atoms with Gasteiger partial charge >= 0.3 is 6.09 Å². The predicted molar refractivity (Wildman–Crippen MR) is 67.3 cm³/mol. The van der Waals surface area contributed by atoms with Crippen LogP contribution in [0, 0.1) is 6.92 Å². The Bertz CT molecular complexity index is 406. The molecule has 0 aromatic heterocycles. The van der Waals surface area contributed by atoms with Gasteiger partial charge in [0.25, 0.3) is 0 Å². The summed E-state index contributed by atoms with van der Waals surface area (Å²) in [6.07, 6.45) is 0.664. The topological polar surface area (TPSA) is 41.6 Å². The molecule has 1 heterocycles. The summed E-state index contributed by atoms with van der Waals surface area (Å²) in [4.78, 5) is 13.6. The lowest BCUT2D eigenvalue weighted by molar-refractivity contribution is 0.178. The van der Waals surface area contributed by atoms with Crippen LogP contribution in [0.3, 0.4) is 0 Å². The highest BCUT2D eigenvalue weighted by Gasteiger charge is 2.34. The zero-order valence-electron chi connectivity index (χ0n) is 10.3. The van der Waals surface area contributed by atoms with Crippen LogP contribution >= 0.6 is 0 Å². The second kappa shape index (κ2) is 5.19. The molecule has 1 N–H and O–H groups in total. The molecule has 1 saturated heterocycles. The SMILES string of the molecule is CNCCC1COC(=O)N1c1ccccc1C. The number of nitrogens with one attached hydrogen (secondary N) is 1. The molecular formula is C13H18N2O2. The van der Waals surface area contributed by atoms with Crippen molar-refractivity contribution in [3.05, 3.63) is 29.8 Å². The highest BCUT2D eigenvalue weighted by molar-refractivity contribution is 5.91. The maximum absolute atomic E-state index is 11.8. The maximum atomic E-state index is 11.8. The van der Waals surface area contributed by atoms with Crippen molar-refractivity contribution in [1.82, 2.24) is 5.32 Å². The van der Waals surface area contributed by atoms with Gasteiger partial charge in [0.05, 0.1) is 11.7 Å². The zero-order valence-corrected chi connectivity index (χ0v) is 10.3. The third kappa shape index (κ3) is 2.42. The maximum Gasteiger partial charge on any atom is 0.414 e. The molecule has 0 bridgehead atoms. The van der Waals surface area contributed by atoms with E-state index in [1.165, 1.54) is 0 Å². The van der Waals surface area contributed by atoms with E-state index in [4.69, 9.17) is 4.74 Å². The van der Waals surface area contributed by atoms with Gasteiger partial charge in [0.15, 0.2) is 0 Å². The second-order valence-electron chi connectivity index (χ2n) is 4.28. The fourth-order valence-electron chi connectivity index (χ4n) is 2.11. The van der Waals surface area contributed by atoms with E-state index in [0.717, 1.165) is 24.2 Å². The standard InChI is InChI=1S/C13H18N2O2/c1-10-5-3-4-6-12(10)15-11(7-8-14-2)9-17-13(15)16/h3-6,11,14H,7-9H2,1-2H3. The fourth-order valence-corrected chi connectivity index (χ4v) is 2.11. The van der Waals surface area contributed by atoms with Gasteiger partial charge in [0.1, 0.15) is 6.61 Å². The molecule has 1 aliphatic heterocycles. The fraction of sp³-hybridized carbons (Fsp3) is 0.462. The molecule has 1 aromatic rings. The number of anilines is 1. The van der Waals surface area contributed by atoms with Crippen LogP contribution in [0.25, 0.3) is 0 Å². The quantitative estimate of drug-likeness (QED) is 0.865. The van der Waals surface area contributed by atoms with Gasteiger partial charge in [-0.3, -0.25) is 4.90 Å². The van der Waals surface area contributed by atoms with Crippen molar-refractivity contribution in [2.24, 2.45) is 0 Å². The van der Waals surface area contributed by atoms with Crippen LogP contribution in [-0.2, 0) is 4.74 Å². The van der Waals surface area contributed by atoms with Crippen LogP contribution in [0.4, 0.5) is 10.5 Å². The minimum atomic E-state index is -0.236. The molecule has 1 aliphatic rings. The summed E-state index contributed by atoms with van der Waals surface area (Å²) in [5.41, 5.74) is 2.05. The number of aryl methyl sites for hydroxylation is 1. The molecule has 4 nitrogen and oxygen atoms in total. The Morgan fingerprint density at radius 3 is 2.94 bits per heavy atom. The van der Waals surface area contributed by atoms with Crippen LogP contribution in [0.1, 0.15) is 12.0 Å². The van der Waals surface area contributed by atoms with Crippen molar-refractivity contribution in [3.8, 4) is 0 Å². The van der Waals surface area contributed by atoms with Gasteiger partial charge in [-0.05, 0) is 38.6 Å². The van der Waals surface area contributed by atoms with Gasteiger partial charge in [-0.1, -0.05) is 18.2 Å². The molecule has 4 heteroatoms. The van der Waals surface area contributed by atoms with Crippen LogP contribution in [0.2, 0.25) is 0 Å². The van der Waals surface area contributed by atoms with E-state index in [1.54, 1.807) is 4.90 Å². The molecule has 0 radical (unpaired) electrons. The van der Waals surface area contributed by atoms with Crippen LogP contribution < -0.4 is 10.2 Å². The Labute approximate surface area is 102 Å². The predicted octanol–water partition coefficient (Wildman–Crippen LogP) is 1.93. The third-order valence-electron chi connectivity index (χ3n) is 3.06. The van der Waals surface area contributed by atoms with Gasteiger partial charge in [-0.2, -0.15) is 0 Å². The molecule has 92 valence electrons. The number of hydrogen-bond donors (Lipinski definition) is 1. The molecule has 1 fully saturated rings. The lowest BCUT2D eigenvalue weighted by Gasteiger charge is -2.22.